The Kier molecular flexibility index (Phi) is 7.94. The number of cyclic esters (lactones) is 1. The Bertz CT molecular complexity index is 1060. The molecule has 0 bridgehead atoms. The molecule has 0 spiro atoms. The number of carbonyl (C=O) groups excluding carboxylic acids is 2. The van der Waals surface area contributed by atoms with E-state index in [1.807, 2.05) is 60.7 Å². The molecule has 9 heteroatoms. The molecule has 0 aliphatic carbocycles. The monoisotopic (exact) mass is 483 g/mol. The van der Waals surface area contributed by atoms with Gasteiger partial charge >= 0.3 is 5.97 Å². The highest BCUT2D eigenvalue weighted by Gasteiger charge is 2.48. The van der Waals surface area contributed by atoms with Crippen LogP contribution in [0, 0.1) is 0 Å². The topological polar surface area (TPSA) is 124 Å². The van der Waals surface area contributed by atoms with Gasteiger partial charge in [0, 0.05) is 26.0 Å². The zero-order chi connectivity index (χ0) is 24.9. The summed E-state index contributed by atoms with van der Waals surface area (Å²) < 4.78 is 22.7. The molecule has 9 nitrogen and oxygen atoms in total. The number of aliphatic hydroxyl groups excluding tert-OH is 2. The molecule has 1 fully saturated rings. The number of nitrogens with one attached hydrogen (secondary N) is 1. The second-order valence-electron chi connectivity index (χ2n) is 8.50. The summed E-state index contributed by atoms with van der Waals surface area (Å²) in [6.45, 7) is 1.26. The average molecular weight is 484 g/mol. The molecule has 1 saturated heterocycles. The maximum Gasteiger partial charge on any atom is 0.337 e. The standard InChI is InChI=1S/C26H29NO8/c1-15(28)27-21-23(30)22(29)19(14-32-2)33-26(21)35-25-20(17-11-7-4-8-12-17)18(24(31)34-25)13-16-9-5-3-6-10-16/h3-12,19,21-23,25-26,29-30H,13-14H2,1-2H3,(H,27,28)/t19-,21-,22+,23-,25-,26+/m0/s1. The lowest BCUT2D eigenvalue weighted by atomic mass is 9.95. The molecule has 2 aliphatic rings. The molecule has 2 aliphatic heterocycles. The van der Waals surface area contributed by atoms with Crippen molar-refractivity contribution in [2.75, 3.05) is 13.7 Å². The van der Waals surface area contributed by atoms with Gasteiger partial charge in [0.2, 0.25) is 12.2 Å². The maximum absolute atomic E-state index is 13.0. The van der Waals surface area contributed by atoms with Crippen LogP contribution in [0.2, 0.25) is 0 Å². The fraction of sp³-hybridized carbons (Fsp3) is 0.385. The molecule has 0 saturated carbocycles. The first-order valence-corrected chi connectivity index (χ1v) is 11.4. The number of hydrogen-bond acceptors (Lipinski definition) is 8. The maximum atomic E-state index is 13.0. The highest BCUT2D eigenvalue weighted by Crippen LogP contribution is 2.36. The van der Waals surface area contributed by atoms with Gasteiger partial charge in [-0.25, -0.2) is 4.79 Å². The molecule has 0 aromatic heterocycles. The fourth-order valence-corrected chi connectivity index (χ4v) is 4.33. The van der Waals surface area contributed by atoms with Crippen molar-refractivity contribution in [3.8, 4) is 0 Å². The van der Waals surface area contributed by atoms with Crippen LogP contribution in [0.1, 0.15) is 18.1 Å². The first-order valence-electron chi connectivity index (χ1n) is 11.4. The van der Waals surface area contributed by atoms with Gasteiger partial charge in [0.15, 0.2) is 6.29 Å². The van der Waals surface area contributed by atoms with Gasteiger partial charge in [0.05, 0.1) is 12.2 Å². The highest BCUT2D eigenvalue weighted by atomic mass is 16.8. The van der Waals surface area contributed by atoms with Crippen molar-refractivity contribution in [1.29, 1.82) is 0 Å². The molecule has 2 heterocycles. The van der Waals surface area contributed by atoms with Crippen LogP contribution < -0.4 is 5.32 Å². The van der Waals surface area contributed by atoms with Gasteiger partial charge in [-0.3, -0.25) is 4.79 Å². The van der Waals surface area contributed by atoms with E-state index >= 15 is 0 Å². The Morgan fingerprint density at radius 2 is 1.69 bits per heavy atom. The summed E-state index contributed by atoms with van der Waals surface area (Å²) in [6.07, 6.45) is -5.70. The van der Waals surface area contributed by atoms with Crippen LogP contribution in [0.3, 0.4) is 0 Å². The third-order valence-corrected chi connectivity index (χ3v) is 5.99. The summed E-state index contributed by atoms with van der Waals surface area (Å²) in [4.78, 5) is 24.8. The SMILES string of the molecule is COC[C@@H]1O[C@H](O[C@@H]2OC(=O)C(Cc3ccccc3)=C2c2ccccc2)[C@@H](NC(C)=O)[C@H](O)[C@@H]1O. The Hall–Kier alpha value is -3.08. The lowest BCUT2D eigenvalue weighted by Crippen LogP contribution is -2.65. The zero-order valence-electron chi connectivity index (χ0n) is 19.5. The summed E-state index contributed by atoms with van der Waals surface area (Å²) in [7, 11) is 1.43. The van der Waals surface area contributed by atoms with Gasteiger partial charge in [-0.05, 0) is 11.1 Å². The number of benzene rings is 2. The summed E-state index contributed by atoms with van der Waals surface area (Å²) in [5.41, 5.74) is 2.63. The normalized spacial score (nSPS) is 28.6. The van der Waals surface area contributed by atoms with E-state index in [0.717, 1.165) is 11.1 Å². The Morgan fingerprint density at radius 1 is 1.03 bits per heavy atom. The van der Waals surface area contributed by atoms with Crippen LogP contribution >= 0.6 is 0 Å². The predicted molar refractivity (Wildman–Crippen MR) is 125 cm³/mol. The number of ether oxygens (including phenoxy) is 4. The van der Waals surface area contributed by atoms with Crippen molar-refractivity contribution >= 4 is 17.4 Å². The van der Waals surface area contributed by atoms with Gasteiger partial charge in [-0.15, -0.1) is 0 Å². The lowest BCUT2D eigenvalue weighted by Gasteiger charge is -2.43. The molecule has 0 unspecified atom stereocenters. The lowest BCUT2D eigenvalue weighted by molar-refractivity contribution is -0.297. The van der Waals surface area contributed by atoms with Crippen molar-refractivity contribution in [3.05, 3.63) is 77.4 Å². The van der Waals surface area contributed by atoms with E-state index in [1.54, 1.807) is 0 Å². The smallest absolute Gasteiger partial charge is 0.337 e. The second kappa shape index (κ2) is 11.1. The van der Waals surface area contributed by atoms with Crippen LogP contribution in [-0.2, 0) is 35.0 Å². The molecule has 0 radical (unpaired) electrons. The van der Waals surface area contributed by atoms with Crippen molar-refractivity contribution in [1.82, 2.24) is 5.32 Å². The molecule has 3 N–H and O–H groups in total. The summed E-state index contributed by atoms with van der Waals surface area (Å²) in [5, 5.41) is 23.7. The van der Waals surface area contributed by atoms with Crippen molar-refractivity contribution in [2.24, 2.45) is 0 Å². The fourth-order valence-electron chi connectivity index (χ4n) is 4.33. The molecule has 35 heavy (non-hydrogen) atoms. The van der Waals surface area contributed by atoms with E-state index in [0.29, 0.717) is 17.6 Å². The summed E-state index contributed by atoms with van der Waals surface area (Å²) >= 11 is 0. The van der Waals surface area contributed by atoms with Gasteiger partial charge < -0.3 is 34.5 Å². The zero-order valence-corrected chi connectivity index (χ0v) is 19.5. The average Bonchev–Trinajstić information content (AvgIpc) is 3.15. The molecule has 6 atom stereocenters. The van der Waals surface area contributed by atoms with E-state index in [4.69, 9.17) is 18.9 Å². The van der Waals surface area contributed by atoms with E-state index in [2.05, 4.69) is 5.32 Å². The minimum atomic E-state index is -1.40. The molecular formula is C26H29NO8. The van der Waals surface area contributed by atoms with Crippen LogP contribution in [0.5, 0.6) is 0 Å². The highest BCUT2D eigenvalue weighted by molar-refractivity contribution is 6.02. The second-order valence-corrected chi connectivity index (χ2v) is 8.50. The number of amides is 1. The van der Waals surface area contributed by atoms with Crippen LogP contribution in [0.15, 0.2) is 66.2 Å². The minimum absolute atomic E-state index is 0.0179. The third kappa shape index (κ3) is 5.61. The quantitative estimate of drug-likeness (QED) is 0.479. The Morgan fingerprint density at radius 3 is 2.31 bits per heavy atom. The number of hydrogen-bond donors (Lipinski definition) is 3. The van der Waals surface area contributed by atoms with Crippen LogP contribution in [-0.4, -0.2) is 72.7 Å². The molecular weight excluding hydrogens is 454 g/mol. The minimum Gasteiger partial charge on any atom is -0.428 e. The molecule has 2 aromatic carbocycles. The third-order valence-electron chi connectivity index (χ3n) is 5.99. The number of rotatable bonds is 8. The molecule has 1 amide bonds. The number of aliphatic hydroxyl groups is 2. The van der Waals surface area contributed by atoms with Gasteiger partial charge in [0.25, 0.3) is 0 Å². The van der Waals surface area contributed by atoms with Gasteiger partial charge in [-0.2, -0.15) is 0 Å². The summed E-state index contributed by atoms with van der Waals surface area (Å²) in [5.74, 6) is -0.978. The van der Waals surface area contributed by atoms with Crippen LogP contribution in [0.4, 0.5) is 0 Å². The van der Waals surface area contributed by atoms with E-state index in [9.17, 15) is 19.8 Å². The van der Waals surface area contributed by atoms with Crippen molar-refractivity contribution < 1.29 is 38.7 Å². The Labute approximate surface area is 203 Å². The summed E-state index contributed by atoms with van der Waals surface area (Å²) in [6, 6.07) is 17.6. The van der Waals surface area contributed by atoms with Crippen molar-refractivity contribution in [3.63, 3.8) is 0 Å². The van der Waals surface area contributed by atoms with Crippen LogP contribution in [0.25, 0.3) is 5.57 Å². The Balaban J connectivity index is 1.68. The molecule has 4 rings (SSSR count). The largest absolute Gasteiger partial charge is 0.428 e. The van der Waals surface area contributed by atoms with E-state index < -0.39 is 48.8 Å². The number of methoxy groups -OCH3 is 1. The first-order chi connectivity index (χ1) is 16.9. The molecule has 2 aromatic rings. The van der Waals surface area contributed by atoms with Gasteiger partial charge in [0.1, 0.15) is 24.4 Å². The first kappa shape index (κ1) is 25.0. The van der Waals surface area contributed by atoms with E-state index in [1.165, 1.54) is 14.0 Å². The van der Waals surface area contributed by atoms with E-state index in [-0.39, 0.29) is 6.61 Å². The number of carbonyl (C=O) groups is 2. The van der Waals surface area contributed by atoms with Gasteiger partial charge in [-0.1, -0.05) is 60.7 Å². The predicted octanol–water partition coefficient (Wildman–Crippen LogP) is 1.18. The van der Waals surface area contributed by atoms with Crippen molar-refractivity contribution in [2.45, 2.75) is 50.3 Å². The number of esters is 1. The molecule has 186 valence electrons.